The van der Waals surface area contributed by atoms with E-state index in [1.165, 1.54) is 0 Å². The highest BCUT2D eigenvalue weighted by molar-refractivity contribution is 6.04. The number of amides is 2. The second kappa shape index (κ2) is 10.6. The van der Waals surface area contributed by atoms with Gasteiger partial charge < -0.3 is 20.7 Å². The summed E-state index contributed by atoms with van der Waals surface area (Å²) in [6.45, 7) is 0.245. The van der Waals surface area contributed by atoms with Gasteiger partial charge in [0.2, 0.25) is 0 Å². The van der Waals surface area contributed by atoms with E-state index in [-0.39, 0.29) is 36.6 Å². The van der Waals surface area contributed by atoms with Crippen molar-refractivity contribution in [3.63, 3.8) is 0 Å². The number of anilines is 2. The Morgan fingerprint density at radius 2 is 1.76 bits per heavy atom. The van der Waals surface area contributed by atoms with E-state index in [1.807, 2.05) is 64.0 Å². The molecule has 3 atom stereocenters. The summed E-state index contributed by atoms with van der Waals surface area (Å²) < 4.78 is 7.72. The number of nitrogen functional groups attached to an aromatic ring is 1. The smallest absolute Gasteiger partial charge is 0.410 e. The van der Waals surface area contributed by atoms with E-state index in [9.17, 15) is 9.59 Å². The van der Waals surface area contributed by atoms with Crippen LogP contribution in [0.25, 0.3) is 16.8 Å². The first-order valence-corrected chi connectivity index (χ1v) is 14.0. The molecule has 210 valence electrons. The van der Waals surface area contributed by atoms with Gasteiger partial charge in [-0.15, -0.1) is 0 Å². The first-order chi connectivity index (χ1) is 20.6. The van der Waals surface area contributed by atoms with Crippen molar-refractivity contribution >= 4 is 29.2 Å². The minimum absolute atomic E-state index is 0.0104. The Balaban J connectivity index is 1.15. The van der Waals surface area contributed by atoms with Crippen LogP contribution in [0.5, 0.6) is 0 Å². The molecule has 3 unspecified atom stereocenters. The van der Waals surface area contributed by atoms with E-state index >= 15 is 0 Å². The Morgan fingerprint density at radius 1 is 0.952 bits per heavy atom. The average molecular weight is 560 g/mol. The molecule has 2 saturated heterocycles. The molecule has 0 saturated carbocycles. The summed E-state index contributed by atoms with van der Waals surface area (Å²) in [5.41, 5.74) is 10.1. The Hall–Kier alpha value is -5.25. The van der Waals surface area contributed by atoms with Crippen molar-refractivity contribution in [2.75, 3.05) is 11.1 Å². The quantitative estimate of drug-likeness (QED) is 0.290. The van der Waals surface area contributed by atoms with E-state index in [0.717, 1.165) is 36.2 Å². The molecule has 2 aliphatic rings. The van der Waals surface area contributed by atoms with E-state index in [4.69, 9.17) is 15.5 Å². The molecule has 10 heteroatoms. The number of nitrogens with two attached hydrogens (primary N) is 1. The van der Waals surface area contributed by atoms with Crippen molar-refractivity contribution in [1.82, 2.24) is 24.3 Å². The molecule has 0 aliphatic carbocycles. The summed E-state index contributed by atoms with van der Waals surface area (Å²) in [6, 6.07) is 22.4. The molecule has 3 N–H and O–H groups in total. The van der Waals surface area contributed by atoms with Crippen molar-refractivity contribution in [2.45, 2.75) is 43.9 Å². The maximum Gasteiger partial charge on any atom is 0.410 e. The minimum Gasteiger partial charge on any atom is -0.445 e. The Labute approximate surface area is 242 Å². The number of benzene rings is 2. The standard InChI is InChI=1S/C32H29N7O3/c33-29-28-27(21-9-11-22(12-10-21)31(40)36-26-8-4-5-15-34-26)37-30(38(28)17-16-35-29)24-18-23-13-14-25(24)39(23)32(41)42-19-20-6-2-1-3-7-20/h1-12,15-17,23-25H,13-14,18-19H2,(H2,33,35)(H,34,36,40). The number of carbonyl (C=O) groups excluding carboxylic acids is 2. The van der Waals surface area contributed by atoms with Gasteiger partial charge in [0.05, 0.1) is 0 Å². The van der Waals surface area contributed by atoms with Crippen LogP contribution in [0.4, 0.5) is 16.4 Å². The van der Waals surface area contributed by atoms with Gasteiger partial charge in [-0.05, 0) is 49.1 Å². The number of imidazole rings is 1. The third-order valence-electron chi connectivity index (χ3n) is 8.22. The molecule has 2 bridgehead atoms. The Morgan fingerprint density at radius 3 is 2.55 bits per heavy atom. The predicted molar refractivity (Wildman–Crippen MR) is 158 cm³/mol. The second-order valence-corrected chi connectivity index (χ2v) is 10.7. The highest BCUT2D eigenvalue weighted by Gasteiger charge is 2.51. The number of nitrogens with one attached hydrogen (secondary N) is 1. The van der Waals surface area contributed by atoms with Gasteiger partial charge in [0.1, 0.15) is 35.3 Å². The van der Waals surface area contributed by atoms with Crippen molar-refractivity contribution in [3.05, 3.63) is 108 Å². The fourth-order valence-corrected chi connectivity index (χ4v) is 6.30. The average Bonchev–Trinajstić information content (AvgIpc) is 3.73. The zero-order valence-electron chi connectivity index (χ0n) is 22.8. The molecule has 2 amide bonds. The number of fused-ring (bicyclic) bond motifs is 3. The Kier molecular flexibility index (Phi) is 6.50. The molecule has 2 aliphatic heterocycles. The number of carbonyl (C=O) groups is 2. The lowest BCUT2D eigenvalue weighted by molar-refractivity contribution is 0.0899. The van der Waals surface area contributed by atoms with Crippen molar-refractivity contribution in [3.8, 4) is 11.3 Å². The maximum absolute atomic E-state index is 13.2. The van der Waals surface area contributed by atoms with Crippen LogP contribution in [-0.4, -0.2) is 48.3 Å². The third-order valence-corrected chi connectivity index (χ3v) is 8.22. The van der Waals surface area contributed by atoms with Crippen molar-refractivity contribution in [1.29, 1.82) is 0 Å². The van der Waals surface area contributed by atoms with Crippen LogP contribution in [0.3, 0.4) is 0 Å². The van der Waals surface area contributed by atoms with E-state index in [0.29, 0.717) is 28.4 Å². The number of ether oxygens (including phenoxy) is 1. The molecule has 7 rings (SSSR count). The topological polar surface area (TPSA) is 128 Å². The van der Waals surface area contributed by atoms with Crippen LogP contribution >= 0.6 is 0 Å². The fraction of sp³-hybridized carbons (Fsp3) is 0.219. The molecule has 3 aromatic heterocycles. The van der Waals surface area contributed by atoms with Gasteiger partial charge in [-0.2, -0.15) is 0 Å². The third kappa shape index (κ3) is 4.60. The van der Waals surface area contributed by atoms with Gasteiger partial charge in [-0.1, -0.05) is 48.5 Å². The van der Waals surface area contributed by atoms with Crippen LogP contribution in [-0.2, 0) is 11.3 Å². The Bertz CT molecular complexity index is 1760. The van der Waals surface area contributed by atoms with Gasteiger partial charge in [0.25, 0.3) is 5.91 Å². The summed E-state index contributed by atoms with van der Waals surface area (Å²) in [5.74, 6) is 1.47. The molecule has 2 aromatic carbocycles. The largest absolute Gasteiger partial charge is 0.445 e. The molecule has 10 nitrogen and oxygen atoms in total. The van der Waals surface area contributed by atoms with Crippen LogP contribution in [0.15, 0.2) is 91.4 Å². The number of pyridine rings is 1. The fourth-order valence-electron chi connectivity index (χ4n) is 6.30. The summed E-state index contributed by atoms with van der Waals surface area (Å²) in [5, 5.41) is 2.80. The van der Waals surface area contributed by atoms with Gasteiger partial charge in [-0.25, -0.2) is 19.7 Å². The maximum atomic E-state index is 13.2. The number of hydrogen-bond donors (Lipinski definition) is 2. The first-order valence-electron chi connectivity index (χ1n) is 14.0. The lowest BCUT2D eigenvalue weighted by Crippen LogP contribution is -2.36. The van der Waals surface area contributed by atoms with E-state index in [1.54, 1.807) is 36.7 Å². The number of nitrogens with zero attached hydrogens (tertiary/aromatic N) is 5. The summed E-state index contributed by atoms with van der Waals surface area (Å²) >= 11 is 0. The van der Waals surface area contributed by atoms with E-state index in [2.05, 4.69) is 15.3 Å². The number of aromatic nitrogens is 4. The minimum atomic E-state index is -0.282. The monoisotopic (exact) mass is 559 g/mol. The lowest BCUT2D eigenvalue weighted by Gasteiger charge is -2.23. The molecular weight excluding hydrogens is 530 g/mol. The molecule has 0 spiro atoms. The van der Waals surface area contributed by atoms with Crippen LogP contribution in [0.2, 0.25) is 0 Å². The summed E-state index contributed by atoms with van der Waals surface area (Å²) in [6.07, 6.45) is 7.53. The normalized spacial score (nSPS) is 19.2. The molecule has 5 aromatic rings. The zero-order valence-corrected chi connectivity index (χ0v) is 22.8. The summed E-state index contributed by atoms with van der Waals surface area (Å²) in [4.78, 5) is 41.5. The lowest BCUT2D eigenvalue weighted by atomic mass is 9.88. The molecule has 42 heavy (non-hydrogen) atoms. The SMILES string of the molecule is Nc1nccn2c(C3CC4CCC3N4C(=O)OCc3ccccc3)nc(-c3ccc(C(=O)Nc4ccccn4)cc3)c12. The van der Waals surface area contributed by atoms with Gasteiger partial charge in [0.15, 0.2) is 0 Å². The van der Waals surface area contributed by atoms with Gasteiger partial charge in [0, 0.05) is 47.7 Å². The first kappa shape index (κ1) is 25.7. The number of rotatable bonds is 6. The van der Waals surface area contributed by atoms with Gasteiger partial charge >= 0.3 is 6.09 Å². The zero-order chi connectivity index (χ0) is 28.6. The highest BCUT2D eigenvalue weighted by atomic mass is 16.6. The highest BCUT2D eigenvalue weighted by Crippen LogP contribution is 2.47. The van der Waals surface area contributed by atoms with Crippen LogP contribution in [0.1, 0.15) is 46.9 Å². The molecule has 2 fully saturated rings. The van der Waals surface area contributed by atoms with E-state index < -0.39 is 0 Å². The van der Waals surface area contributed by atoms with Crippen molar-refractivity contribution in [2.24, 2.45) is 0 Å². The molecule has 0 radical (unpaired) electrons. The second-order valence-electron chi connectivity index (χ2n) is 10.7. The van der Waals surface area contributed by atoms with Crippen molar-refractivity contribution < 1.29 is 14.3 Å². The molecular formula is C32H29N7O3. The predicted octanol–water partition coefficient (Wildman–Crippen LogP) is 5.28. The summed E-state index contributed by atoms with van der Waals surface area (Å²) in [7, 11) is 0. The van der Waals surface area contributed by atoms with Crippen LogP contribution in [0, 0.1) is 0 Å². The number of hydrogen-bond acceptors (Lipinski definition) is 7. The molecule has 5 heterocycles. The van der Waals surface area contributed by atoms with Gasteiger partial charge in [-0.3, -0.25) is 9.20 Å². The van der Waals surface area contributed by atoms with Crippen LogP contribution < -0.4 is 11.1 Å².